The number of piperidine rings is 1. The summed E-state index contributed by atoms with van der Waals surface area (Å²) < 4.78 is 0. The van der Waals surface area contributed by atoms with E-state index < -0.39 is 0 Å². The minimum atomic E-state index is -0.216. The van der Waals surface area contributed by atoms with E-state index in [0.29, 0.717) is 18.9 Å². The van der Waals surface area contributed by atoms with Crippen LogP contribution in [0.2, 0.25) is 0 Å². The molecular weight excluding hydrogens is 294 g/mol. The van der Waals surface area contributed by atoms with Crippen LogP contribution in [-0.4, -0.2) is 60.1 Å². The van der Waals surface area contributed by atoms with Crippen LogP contribution >= 0.6 is 0 Å². The molecule has 1 aromatic heterocycles. The Hall–Kier alpha value is -1.89. The van der Waals surface area contributed by atoms with Crippen molar-refractivity contribution < 1.29 is 9.59 Å². The van der Waals surface area contributed by atoms with Gasteiger partial charge in [0.15, 0.2) is 0 Å². The number of carbonyl (C=O) groups excluding carboxylic acids is 2. The number of rotatable bonds is 5. The van der Waals surface area contributed by atoms with Gasteiger partial charge in [0, 0.05) is 32.3 Å². The average molecular weight is 319 g/mol. The lowest BCUT2D eigenvalue weighted by molar-refractivity contribution is -0.137. The van der Waals surface area contributed by atoms with E-state index in [4.69, 9.17) is 0 Å². The van der Waals surface area contributed by atoms with Gasteiger partial charge in [-0.05, 0) is 38.8 Å². The van der Waals surface area contributed by atoms with E-state index >= 15 is 0 Å². The van der Waals surface area contributed by atoms with Crippen molar-refractivity contribution in [2.45, 2.75) is 25.7 Å². The highest BCUT2D eigenvalue weighted by molar-refractivity contribution is 6.00. The number of aromatic nitrogens is 2. The van der Waals surface area contributed by atoms with Crippen LogP contribution in [0.25, 0.3) is 0 Å². The smallest absolute Gasteiger partial charge is 0.228 e. The highest BCUT2D eigenvalue weighted by Crippen LogP contribution is 2.27. The topological polar surface area (TPSA) is 81.3 Å². The Morgan fingerprint density at radius 2 is 2.22 bits per heavy atom. The summed E-state index contributed by atoms with van der Waals surface area (Å²) in [5.41, 5.74) is 0.746. The monoisotopic (exact) mass is 319 g/mol. The number of aromatic amines is 1. The summed E-state index contributed by atoms with van der Waals surface area (Å²) >= 11 is 0. The zero-order valence-corrected chi connectivity index (χ0v) is 13.6. The number of amides is 2. The first-order valence-electron chi connectivity index (χ1n) is 8.41. The molecule has 23 heavy (non-hydrogen) atoms. The molecule has 0 bridgehead atoms. The van der Waals surface area contributed by atoms with Gasteiger partial charge < -0.3 is 15.1 Å². The summed E-state index contributed by atoms with van der Waals surface area (Å²) in [4.78, 5) is 28.4. The van der Waals surface area contributed by atoms with Gasteiger partial charge >= 0.3 is 0 Å². The maximum absolute atomic E-state index is 12.7. The maximum Gasteiger partial charge on any atom is 0.228 e. The third-order valence-electron chi connectivity index (χ3n) is 5.00. The minimum absolute atomic E-state index is 0.00801. The highest BCUT2D eigenvalue weighted by Gasteiger charge is 2.38. The summed E-state index contributed by atoms with van der Waals surface area (Å²) in [6.45, 7) is 3.15. The Kier molecular flexibility index (Phi) is 4.95. The number of likely N-dealkylation sites (tertiary alicyclic amines) is 1. The number of H-pyrrole nitrogens is 1. The first-order chi connectivity index (χ1) is 11.2. The van der Waals surface area contributed by atoms with Gasteiger partial charge in [0.25, 0.3) is 0 Å². The molecule has 2 fully saturated rings. The lowest BCUT2D eigenvalue weighted by atomic mass is 9.92. The van der Waals surface area contributed by atoms with E-state index in [1.807, 2.05) is 11.9 Å². The van der Waals surface area contributed by atoms with Crippen LogP contribution < -0.4 is 10.2 Å². The molecule has 0 saturated carbocycles. The Balaban J connectivity index is 1.52. The van der Waals surface area contributed by atoms with Gasteiger partial charge in [-0.1, -0.05) is 0 Å². The predicted octanol–water partition coefficient (Wildman–Crippen LogP) is 0.611. The van der Waals surface area contributed by atoms with Crippen LogP contribution in [0, 0.1) is 11.8 Å². The van der Waals surface area contributed by atoms with E-state index in [9.17, 15) is 9.59 Å². The van der Waals surface area contributed by atoms with E-state index in [2.05, 4.69) is 15.5 Å². The number of anilines is 1. The number of nitrogens with zero attached hydrogens (tertiary/aromatic N) is 3. The van der Waals surface area contributed by atoms with E-state index in [0.717, 1.165) is 38.2 Å². The molecule has 0 spiro atoms. The molecule has 1 atom stereocenters. The number of nitrogens with one attached hydrogen (secondary N) is 2. The van der Waals surface area contributed by atoms with Crippen LogP contribution in [0.4, 0.5) is 5.69 Å². The summed E-state index contributed by atoms with van der Waals surface area (Å²) in [6, 6.07) is 0. The number of carbonyl (C=O) groups is 2. The van der Waals surface area contributed by atoms with Gasteiger partial charge in [0.05, 0.1) is 17.8 Å². The van der Waals surface area contributed by atoms with Crippen LogP contribution in [0.5, 0.6) is 0 Å². The SMILES string of the molecule is CNCCC1CCN(C(=O)C2CC(=O)N(c3cn[nH]c3)C2)CC1. The van der Waals surface area contributed by atoms with Gasteiger partial charge in [-0.15, -0.1) is 0 Å². The summed E-state index contributed by atoms with van der Waals surface area (Å²) in [7, 11) is 1.97. The Labute approximate surface area is 136 Å². The van der Waals surface area contributed by atoms with Gasteiger partial charge in [-0.3, -0.25) is 14.7 Å². The highest BCUT2D eigenvalue weighted by atomic mass is 16.2. The van der Waals surface area contributed by atoms with Crippen molar-refractivity contribution in [2.75, 3.05) is 38.1 Å². The van der Waals surface area contributed by atoms with Gasteiger partial charge in [-0.2, -0.15) is 5.10 Å². The normalized spacial score (nSPS) is 22.8. The predicted molar refractivity (Wildman–Crippen MR) is 86.9 cm³/mol. The van der Waals surface area contributed by atoms with Crippen molar-refractivity contribution in [3.05, 3.63) is 12.4 Å². The molecule has 0 aromatic carbocycles. The molecule has 1 aromatic rings. The fraction of sp³-hybridized carbons (Fsp3) is 0.688. The van der Waals surface area contributed by atoms with E-state index in [-0.39, 0.29) is 17.7 Å². The zero-order chi connectivity index (χ0) is 16.2. The maximum atomic E-state index is 12.7. The quantitative estimate of drug-likeness (QED) is 0.833. The lowest BCUT2D eigenvalue weighted by Gasteiger charge is -2.33. The number of hydrogen-bond acceptors (Lipinski definition) is 4. The van der Waals surface area contributed by atoms with Crippen molar-refractivity contribution in [2.24, 2.45) is 11.8 Å². The van der Waals surface area contributed by atoms with Gasteiger partial charge in [0.2, 0.25) is 11.8 Å². The first kappa shape index (κ1) is 16.0. The molecule has 3 rings (SSSR count). The zero-order valence-electron chi connectivity index (χ0n) is 13.6. The van der Waals surface area contributed by atoms with Crippen molar-refractivity contribution in [3.8, 4) is 0 Å². The molecule has 2 amide bonds. The molecule has 0 aliphatic carbocycles. The lowest BCUT2D eigenvalue weighted by Crippen LogP contribution is -2.42. The Morgan fingerprint density at radius 3 is 2.87 bits per heavy atom. The van der Waals surface area contributed by atoms with Gasteiger partial charge in [0.1, 0.15) is 0 Å². The number of hydrogen-bond donors (Lipinski definition) is 2. The van der Waals surface area contributed by atoms with Crippen LogP contribution in [0.15, 0.2) is 12.4 Å². The molecule has 2 aliphatic rings. The van der Waals surface area contributed by atoms with Crippen molar-refractivity contribution in [3.63, 3.8) is 0 Å². The minimum Gasteiger partial charge on any atom is -0.342 e. The van der Waals surface area contributed by atoms with E-state index in [1.165, 1.54) is 6.42 Å². The fourth-order valence-electron chi connectivity index (χ4n) is 3.56. The third kappa shape index (κ3) is 3.55. The van der Waals surface area contributed by atoms with Gasteiger partial charge in [-0.25, -0.2) is 0 Å². The molecule has 126 valence electrons. The van der Waals surface area contributed by atoms with Crippen LogP contribution in [0.1, 0.15) is 25.7 Å². The second-order valence-electron chi connectivity index (χ2n) is 6.52. The summed E-state index contributed by atoms with van der Waals surface area (Å²) in [5.74, 6) is 0.635. The van der Waals surface area contributed by atoms with E-state index in [1.54, 1.807) is 17.3 Å². The fourth-order valence-corrected chi connectivity index (χ4v) is 3.56. The molecule has 7 heteroatoms. The molecule has 2 saturated heterocycles. The first-order valence-corrected chi connectivity index (χ1v) is 8.41. The Morgan fingerprint density at radius 1 is 1.43 bits per heavy atom. The standard InChI is InChI=1S/C16H25N5O2/c1-17-5-2-12-3-6-20(7-4-12)16(23)13-8-15(22)21(11-13)14-9-18-19-10-14/h9-10,12-13,17H,2-8,11H2,1H3,(H,18,19). The second-order valence-corrected chi connectivity index (χ2v) is 6.52. The molecule has 7 nitrogen and oxygen atoms in total. The molecule has 0 radical (unpaired) electrons. The van der Waals surface area contributed by atoms with Crippen LogP contribution in [-0.2, 0) is 9.59 Å². The summed E-state index contributed by atoms with van der Waals surface area (Å²) in [6.07, 6.45) is 6.94. The molecule has 2 N–H and O–H groups in total. The largest absolute Gasteiger partial charge is 0.342 e. The molecular formula is C16H25N5O2. The molecule has 1 unspecified atom stereocenters. The third-order valence-corrected chi connectivity index (χ3v) is 5.00. The van der Waals surface area contributed by atoms with Crippen molar-refractivity contribution >= 4 is 17.5 Å². The Bertz CT molecular complexity index is 537. The van der Waals surface area contributed by atoms with Crippen molar-refractivity contribution in [1.29, 1.82) is 0 Å². The summed E-state index contributed by atoms with van der Waals surface area (Å²) in [5, 5.41) is 9.77. The average Bonchev–Trinajstić information content (AvgIpc) is 3.22. The molecule has 2 aliphatic heterocycles. The second kappa shape index (κ2) is 7.12. The molecule has 3 heterocycles. The van der Waals surface area contributed by atoms with Crippen molar-refractivity contribution in [1.82, 2.24) is 20.4 Å². The van der Waals surface area contributed by atoms with Crippen LogP contribution in [0.3, 0.4) is 0 Å².